The lowest BCUT2D eigenvalue weighted by molar-refractivity contribution is 0.122. The molecule has 1 aromatic heterocycles. The molecule has 0 saturated carbocycles. The second-order valence-electron chi connectivity index (χ2n) is 9.61. The van der Waals surface area contributed by atoms with Crippen molar-refractivity contribution in [1.29, 1.82) is 0 Å². The highest BCUT2D eigenvalue weighted by Crippen LogP contribution is 2.29. The van der Waals surface area contributed by atoms with Crippen LogP contribution in [0.5, 0.6) is 5.75 Å². The lowest BCUT2D eigenvalue weighted by atomic mass is 10.1. The van der Waals surface area contributed by atoms with E-state index >= 15 is 0 Å². The molecule has 4 rings (SSSR count). The molecule has 10 heteroatoms. The van der Waals surface area contributed by atoms with Gasteiger partial charge in [0, 0.05) is 56.0 Å². The van der Waals surface area contributed by atoms with Gasteiger partial charge in [0.25, 0.3) is 0 Å². The Balaban J connectivity index is 1.58. The van der Waals surface area contributed by atoms with Crippen LogP contribution in [0.4, 0.5) is 5.69 Å². The number of nitrogens with one attached hydrogen (secondary N) is 1. The monoisotopic (exact) mass is 558 g/mol. The summed E-state index contributed by atoms with van der Waals surface area (Å²) in [7, 11) is -3.67. The van der Waals surface area contributed by atoms with Gasteiger partial charge in [-0.2, -0.15) is 0 Å². The first-order valence-corrected chi connectivity index (χ1v) is 14.8. The van der Waals surface area contributed by atoms with E-state index in [0.717, 1.165) is 30.1 Å². The molecule has 38 heavy (non-hydrogen) atoms. The van der Waals surface area contributed by atoms with Crippen molar-refractivity contribution in [1.82, 2.24) is 14.7 Å². The van der Waals surface area contributed by atoms with Crippen LogP contribution in [0.15, 0.2) is 53.6 Å². The maximum absolute atomic E-state index is 13.0. The fourth-order valence-corrected chi connectivity index (χ4v) is 5.88. The zero-order valence-electron chi connectivity index (χ0n) is 22.1. The van der Waals surface area contributed by atoms with Crippen LogP contribution in [0.3, 0.4) is 0 Å². The Morgan fingerprint density at radius 2 is 1.87 bits per heavy atom. The number of anilines is 1. The standard InChI is InChI=1S/C28H35ClN4O4S/c1-4-37-26-17-23(33-11-13-36-14-12-33)10-9-21(26)16-28-30-19-24(29)25(32-28)15-22-7-5-6-8-27(22)38(34,35)31-18-20(2)3/h5-10,17,19-20,31H,4,11-16,18H2,1-3H3. The van der Waals surface area contributed by atoms with E-state index in [0.29, 0.717) is 54.9 Å². The topological polar surface area (TPSA) is 93.7 Å². The number of rotatable bonds is 11. The SMILES string of the molecule is CCOc1cc(N2CCOCC2)ccc1Cc1ncc(Cl)c(Cc2ccccc2S(=O)(=O)NCC(C)C)n1. The molecule has 204 valence electrons. The zero-order valence-corrected chi connectivity index (χ0v) is 23.7. The molecule has 8 nitrogen and oxygen atoms in total. The Labute approximate surface area is 230 Å². The van der Waals surface area contributed by atoms with Crippen LogP contribution in [0, 0.1) is 5.92 Å². The van der Waals surface area contributed by atoms with Crippen molar-refractivity contribution in [2.45, 2.75) is 38.5 Å². The van der Waals surface area contributed by atoms with Gasteiger partial charge in [-0.05, 0) is 30.5 Å². The van der Waals surface area contributed by atoms with Gasteiger partial charge in [0.1, 0.15) is 11.6 Å². The Morgan fingerprint density at radius 1 is 1.11 bits per heavy atom. The molecular weight excluding hydrogens is 524 g/mol. The van der Waals surface area contributed by atoms with Crippen molar-refractivity contribution < 1.29 is 17.9 Å². The second-order valence-corrected chi connectivity index (χ2v) is 11.8. The first kappa shape index (κ1) is 28.3. The third kappa shape index (κ3) is 7.22. The molecular formula is C28H35ClN4O4S. The van der Waals surface area contributed by atoms with Gasteiger partial charge in [-0.1, -0.05) is 49.7 Å². The Hall–Kier alpha value is -2.72. The molecule has 0 bridgehead atoms. The van der Waals surface area contributed by atoms with Crippen LogP contribution >= 0.6 is 11.6 Å². The lowest BCUT2D eigenvalue weighted by Crippen LogP contribution is -2.36. The van der Waals surface area contributed by atoms with Gasteiger partial charge >= 0.3 is 0 Å². The molecule has 0 atom stereocenters. The van der Waals surface area contributed by atoms with Gasteiger partial charge < -0.3 is 14.4 Å². The average molecular weight is 559 g/mol. The highest BCUT2D eigenvalue weighted by molar-refractivity contribution is 7.89. The van der Waals surface area contributed by atoms with E-state index in [9.17, 15) is 8.42 Å². The average Bonchev–Trinajstić information content (AvgIpc) is 2.91. The van der Waals surface area contributed by atoms with E-state index in [1.807, 2.05) is 26.8 Å². The van der Waals surface area contributed by atoms with E-state index < -0.39 is 10.0 Å². The van der Waals surface area contributed by atoms with Crippen LogP contribution in [0.2, 0.25) is 5.02 Å². The summed E-state index contributed by atoms with van der Waals surface area (Å²) in [6, 6.07) is 13.1. The number of hydrogen-bond donors (Lipinski definition) is 1. The van der Waals surface area contributed by atoms with Gasteiger partial charge in [0.15, 0.2) is 0 Å². The van der Waals surface area contributed by atoms with E-state index in [4.69, 9.17) is 26.1 Å². The molecule has 0 unspecified atom stereocenters. The minimum atomic E-state index is -3.67. The summed E-state index contributed by atoms with van der Waals surface area (Å²) < 4.78 is 40.1. The van der Waals surface area contributed by atoms with Crippen LogP contribution in [0.25, 0.3) is 0 Å². The summed E-state index contributed by atoms with van der Waals surface area (Å²) in [6.07, 6.45) is 2.30. The van der Waals surface area contributed by atoms with Crippen LogP contribution < -0.4 is 14.4 Å². The second kappa shape index (κ2) is 12.9. The van der Waals surface area contributed by atoms with E-state index in [-0.39, 0.29) is 17.2 Å². The summed E-state index contributed by atoms with van der Waals surface area (Å²) in [4.78, 5) is 11.7. The third-order valence-corrected chi connectivity index (χ3v) is 8.08. The molecule has 1 fully saturated rings. The molecule has 0 amide bonds. The number of aromatic nitrogens is 2. The Kier molecular flexibility index (Phi) is 9.59. The van der Waals surface area contributed by atoms with E-state index in [1.54, 1.807) is 24.4 Å². The van der Waals surface area contributed by atoms with Gasteiger partial charge in [-0.3, -0.25) is 0 Å². The Morgan fingerprint density at radius 3 is 2.61 bits per heavy atom. The summed E-state index contributed by atoms with van der Waals surface area (Å²) in [5, 5.41) is 0.392. The van der Waals surface area contributed by atoms with E-state index in [2.05, 4.69) is 32.8 Å². The molecule has 0 radical (unpaired) electrons. The largest absolute Gasteiger partial charge is 0.494 e. The van der Waals surface area contributed by atoms with Gasteiger partial charge in [-0.25, -0.2) is 23.1 Å². The summed E-state index contributed by atoms with van der Waals surface area (Å²) in [5.41, 5.74) is 3.27. The summed E-state index contributed by atoms with van der Waals surface area (Å²) >= 11 is 6.48. The third-order valence-electron chi connectivity index (χ3n) is 6.24. The predicted octanol–water partition coefficient (Wildman–Crippen LogP) is 4.48. The first-order chi connectivity index (χ1) is 18.3. The van der Waals surface area contributed by atoms with Gasteiger partial charge in [-0.15, -0.1) is 0 Å². The molecule has 0 aliphatic carbocycles. The highest BCUT2D eigenvalue weighted by atomic mass is 35.5. The van der Waals surface area contributed by atoms with E-state index in [1.165, 1.54) is 0 Å². The first-order valence-electron chi connectivity index (χ1n) is 12.9. The molecule has 1 aliphatic rings. The maximum atomic E-state index is 13.0. The van der Waals surface area contributed by atoms with Crippen LogP contribution in [0.1, 0.15) is 43.4 Å². The molecule has 1 saturated heterocycles. The zero-order chi connectivity index (χ0) is 27.1. The molecule has 3 aromatic rings. The molecule has 0 spiro atoms. The number of hydrogen-bond acceptors (Lipinski definition) is 7. The van der Waals surface area contributed by atoms with Crippen molar-refractivity contribution in [3.05, 3.63) is 76.3 Å². The maximum Gasteiger partial charge on any atom is 0.240 e. The van der Waals surface area contributed by atoms with Crippen molar-refractivity contribution in [3.63, 3.8) is 0 Å². The van der Waals surface area contributed by atoms with Gasteiger partial charge in [0.2, 0.25) is 10.0 Å². The number of sulfonamides is 1. The molecule has 2 heterocycles. The van der Waals surface area contributed by atoms with Gasteiger partial charge in [0.05, 0.1) is 35.4 Å². The van der Waals surface area contributed by atoms with Crippen LogP contribution in [-0.2, 0) is 27.6 Å². The van der Waals surface area contributed by atoms with Crippen molar-refractivity contribution in [3.8, 4) is 5.75 Å². The van der Waals surface area contributed by atoms with Crippen molar-refractivity contribution >= 4 is 27.3 Å². The number of benzene rings is 2. The highest BCUT2D eigenvalue weighted by Gasteiger charge is 2.20. The molecule has 2 aromatic carbocycles. The fraction of sp³-hybridized carbons (Fsp3) is 0.429. The van der Waals surface area contributed by atoms with Crippen molar-refractivity contribution in [2.75, 3.05) is 44.4 Å². The van der Waals surface area contributed by atoms with Crippen LogP contribution in [-0.4, -0.2) is 57.8 Å². The normalized spacial score (nSPS) is 14.2. The molecule has 1 aliphatic heterocycles. The number of morpholine rings is 1. The summed E-state index contributed by atoms with van der Waals surface area (Å²) in [5.74, 6) is 1.58. The van der Waals surface area contributed by atoms with Crippen molar-refractivity contribution in [2.24, 2.45) is 5.92 Å². The minimum Gasteiger partial charge on any atom is -0.494 e. The summed E-state index contributed by atoms with van der Waals surface area (Å²) in [6.45, 7) is 9.91. The molecule has 1 N–H and O–H groups in total. The number of halogens is 1. The number of ether oxygens (including phenoxy) is 2. The lowest BCUT2D eigenvalue weighted by Gasteiger charge is -2.29. The quantitative estimate of drug-likeness (QED) is 0.371. The number of nitrogens with zero attached hydrogens (tertiary/aromatic N) is 3. The Bertz CT molecular complexity index is 1340. The smallest absolute Gasteiger partial charge is 0.240 e. The fourth-order valence-electron chi connectivity index (χ4n) is 4.27. The predicted molar refractivity (Wildman–Crippen MR) is 150 cm³/mol. The minimum absolute atomic E-state index is 0.195.